The fraction of sp³-hybridized carbons (Fsp3) is 0.276. The first-order chi connectivity index (χ1) is 55.4. The number of nitrogens with zero attached hydrogens (tertiary/aromatic N) is 5. The molecule has 115 heavy (non-hydrogen) atoms. The molecule has 0 radical (unpaired) electrons. The van der Waals surface area contributed by atoms with Crippen LogP contribution in [0.2, 0.25) is 6.32 Å². The van der Waals surface area contributed by atoms with Crippen molar-refractivity contribution >= 4 is 88.6 Å². The van der Waals surface area contributed by atoms with Gasteiger partial charge in [0.1, 0.15) is 41.0 Å². The molecule has 598 valence electrons. The summed E-state index contributed by atoms with van der Waals surface area (Å²) in [5, 5.41) is 48.1. The molecule has 5 aromatic heterocycles. The molecule has 2 atom stereocenters. The van der Waals surface area contributed by atoms with Crippen LogP contribution >= 0.6 is 0 Å². The van der Waals surface area contributed by atoms with Crippen molar-refractivity contribution in [2.45, 2.75) is 91.2 Å². The molecule has 0 saturated heterocycles. The molecule has 0 saturated carbocycles. The minimum absolute atomic E-state index is 0.0165. The number of carbonyl (C=O) groups excluding carboxylic acids is 3. The highest BCUT2D eigenvalue weighted by Crippen LogP contribution is 2.50. The predicted octanol–water partition coefficient (Wildman–Crippen LogP) is 13.1. The normalized spacial score (nSPS) is 14.6. The van der Waals surface area contributed by atoms with Crippen molar-refractivity contribution in [2.75, 3.05) is 61.1 Å². The van der Waals surface area contributed by atoms with Crippen LogP contribution in [0.5, 0.6) is 40.2 Å². The van der Waals surface area contributed by atoms with Crippen LogP contribution in [0.25, 0.3) is 46.1 Å². The number of aliphatic carboxylic acids is 2. The molecular weight excluding hydrogens is 1480 g/mol. The van der Waals surface area contributed by atoms with E-state index < -0.39 is 30.8 Å². The van der Waals surface area contributed by atoms with Crippen molar-refractivity contribution in [2.24, 2.45) is 13.0 Å². The summed E-state index contributed by atoms with van der Waals surface area (Å²) in [6.07, 6.45) is 17.1. The number of rotatable bonds is 32. The summed E-state index contributed by atoms with van der Waals surface area (Å²) in [6.45, 7) is 6.91. The SMILES string of the molecule is COc1cc(/C=C2/C(C)=C(CC(=O)NCc3cccn3C)c3cc(F)cnc32)cc(OC)c1OCCB(O)O.COc1cc(/C=C2/C(C)=C(CC(=O)NCc3cccnc3)c3cnc(F)cc32)cc(OC)c1NCC(=O)O.COc1cnc2c(c1)C(CCC(=O)NCc1ccccc1)C(C)/C2=C/c1ccc(OC)c(CCC(=O)O)c1. The number of allylic oxidation sites excluding steroid dienone is 5. The third kappa shape index (κ3) is 21.8. The highest BCUT2D eigenvalue weighted by molar-refractivity contribution is 6.41. The highest BCUT2D eigenvalue weighted by Gasteiger charge is 2.36. The number of benzene rings is 4. The summed E-state index contributed by atoms with van der Waals surface area (Å²) in [7, 11) is 9.56. The van der Waals surface area contributed by atoms with Gasteiger partial charge in [0.15, 0.2) is 11.5 Å². The van der Waals surface area contributed by atoms with Gasteiger partial charge in [0, 0.05) is 92.5 Å². The lowest BCUT2D eigenvalue weighted by Crippen LogP contribution is -2.23. The summed E-state index contributed by atoms with van der Waals surface area (Å²) in [5.41, 5.74) is 16.6. The van der Waals surface area contributed by atoms with Gasteiger partial charge in [-0.1, -0.05) is 49.4 Å². The van der Waals surface area contributed by atoms with E-state index in [-0.39, 0.29) is 68.3 Å². The van der Waals surface area contributed by atoms with E-state index in [1.54, 1.807) is 63.1 Å². The molecule has 4 aromatic carbocycles. The number of carboxylic acid groups (broad SMARTS) is 2. The minimum atomic E-state index is -1.49. The molecule has 9 aromatic rings. The van der Waals surface area contributed by atoms with Crippen molar-refractivity contribution < 1.29 is 86.2 Å². The summed E-state index contributed by atoms with van der Waals surface area (Å²) in [5.74, 6) is 0.162. The van der Waals surface area contributed by atoms with E-state index in [0.29, 0.717) is 124 Å². The van der Waals surface area contributed by atoms with Crippen LogP contribution in [0.4, 0.5) is 14.5 Å². The number of hydrogen-bond acceptors (Lipinski definition) is 19. The Morgan fingerprint density at radius 3 is 1.83 bits per heavy atom. The second-order valence-corrected chi connectivity index (χ2v) is 27.3. The molecule has 3 amide bonds. The average Bonchev–Trinajstić information content (AvgIpc) is 1.62. The Balaban J connectivity index is 0.000000182. The van der Waals surface area contributed by atoms with Crippen LogP contribution in [0.1, 0.15) is 132 Å². The molecule has 0 fully saturated rings. The van der Waals surface area contributed by atoms with Gasteiger partial charge in [-0.2, -0.15) is 4.39 Å². The van der Waals surface area contributed by atoms with E-state index in [9.17, 15) is 32.8 Å². The van der Waals surface area contributed by atoms with Crippen LogP contribution in [0.3, 0.4) is 0 Å². The Bertz CT molecular complexity index is 5150. The molecule has 3 aliphatic rings. The number of methoxy groups -OCH3 is 6. The van der Waals surface area contributed by atoms with Crippen molar-refractivity contribution in [3.05, 3.63) is 248 Å². The lowest BCUT2D eigenvalue weighted by molar-refractivity contribution is -0.137. The number of fused-ring (bicyclic) bond motifs is 3. The number of amides is 3. The Kier molecular flexibility index (Phi) is 29.4. The molecule has 0 spiro atoms. The molecule has 12 rings (SSSR count). The fourth-order valence-corrected chi connectivity index (χ4v) is 13.9. The van der Waals surface area contributed by atoms with Gasteiger partial charge in [-0.25, -0.2) is 9.37 Å². The summed E-state index contributed by atoms with van der Waals surface area (Å²) in [4.78, 5) is 77.5. The van der Waals surface area contributed by atoms with E-state index in [1.807, 2.05) is 117 Å². The number of carboxylic acids is 2. The molecule has 0 bridgehead atoms. The molecule has 8 N–H and O–H groups in total. The predicted molar refractivity (Wildman–Crippen MR) is 435 cm³/mol. The molecule has 3 aliphatic carbocycles. The van der Waals surface area contributed by atoms with Crippen LogP contribution in [-0.4, -0.2) is 137 Å². The van der Waals surface area contributed by atoms with Gasteiger partial charge in [0.05, 0.1) is 92.4 Å². The van der Waals surface area contributed by atoms with Crippen molar-refractivity contribution in [3.8, 4) is 40.2 Å². The Labute approximate surface area is 665 Å². The van der Waals surface area contributed by atoms with E-state index >= 15 is 0 Å². The Morgan fingerprint density at radius 2 is 1.21 bits per heavy atom. The maximum absolute atomic E-state index is 14.2. The summed E-state index contributed by atoms with van der Waals surface area (Å²) < 4.78 is 68.9. The van der Waals surface area contributed by atoms with Gasteiger partial charge >= 0.3 is 19.1 Å². The van der Waals surface area contributed by atoms with Gasteiger partial charge in [-0.15, -0.1) is 0 Å². The maximum atomic E-state index is 14.2. The van der Waals surface area contributed by atoms with Crippen molar-refractivity contribution in [1.29, 1.82) is 0 Å². The number of nitrogens with one attached hydrogen (secondary N) is 4. The standard InChI is InChI=1S/C31H34N2O5.C28H31BFN3O6.C28H27FN4O5/c1-20-25(11-13-29(34)32-18-21-7-5-4-6-8-21)27-17-24(37-2)19-33-31(27)26(20)16-22-9-12-28(38-3)23(15-22)10-14-30(35)36;1-17-21(14-26(34)31-16-20-6-5-8-33(20)2)23-13-19(30)15-32-27(23)22(17)10-18-11-24(37-3)28(25(12-18)38-4)39-9-7-29(35)36;1-16-19(7-18-8-23(37-2)28(24(9-18)38-3)33-15-27(35)36)21-10-25(29)31-14-22(21)20(16)11-26(34)32-13-17-5-4-6-30-12-17/h4-9,12,15-17,19-20,25H,10-11,13-14,18H2,1-3H3,(H,32,34)(H,35,36);5-6,8,10-13,15,35-36H,7,9,14,16H2,1-4H3,(H,31,34);4-10,12,14,33H,11,13,15H2,1-3H3,(H,32,34)(H,35,36)/b26-16-;22-10-;19-7-. The number of carbonyl (C=O) groups is 5. The first kappa shape index (κ1) is 84.5. The first-order valence-electron chi connectivity index (χ1n) is 37.0. The van der Waals surface area contributed by atoms with E-state index in [0.717, 1.165) is 78.8 Å². The van der Waals surface area contributed by atoms with Gasteiger partial charge in [-0.05, 0) is 201 Å². The van der Waals surface area contributed by atoms with Crippen molar-refractivity contribution in [1.82, 2.24) is 40.5 Å². The molecule has 2 unspecified atom stereocenters. The first-order valence-corrected chi connectivity index (χ1v) is 37.0. The number of pyridine rings is 4. The average molecular weight is 1570 g/mol. The minimum Gasteiger partial charge on any atom is -0.496 e. The zero-order valence-electron chi connectivity index (χ0n) is 65.6. The molecule has 25 nitrogen and oxygen atoms in total. The summed E-state index contributed by atoms with van der Waals surface area (Å²) in [6, 6.07) is 35.0. The monoisotopic (exact) mass is 1570 g/mol. The number of aryl methyl sites for hydroxylation is 2. The molecular formula is C87H92BF2N9O16. The number of aromatic nitrogens is 5. The van der Waals surface area contributed by atoms with Crippen molar-refractivity contribution in [3.63, 3.8) is 0 Å². The summed E-state index contributed by atoms with van der Waals surface area (Å²) >= 11 is 0. The maximum Gasteiger partial charge on any atom is 0.454 e. The van der Waals surface area contributed by atoms with Gasteiger partial charge in [-0.3, -0.25) is 38.9 Å². The van der Waals surface area contributed by atoms with Crippen LogP contribution < -0.4 is 54.4 Å². The lowest BCUT2D eigenvalue weighted by Gasteiger charge is -2.17. The van der Waals surface area contributed by atoms with E-state index in [1.165, 1.54) is 46.8 Å². The quantitative estimate of drug-likeness (QED) is 0.0143. The largest absolute Gasteiger partial charge is 0.496 e. The van der Waals surface area contributed by atoms with E-state index in [2.05, 4.69) is 49.2 Å². The number of hydrogen-bond donors (Lipinski definition) is 8. The van der Waals surface area contributed by atoms with E-state index in [4.69, 9.17) is 58.4 Å². The van der Waals surface area contributed by atoms with Crippen LogP contribution in [0.15, 0.2) is 164 Å². The van der Waals surface area contributed by atoms with Crippen LogP contribution in [-0.2, 0) is 57.1 Å². The zero-order valence-corrected chi connectivity index (χ0v) is 65.6. The molecule has 5 heterocycles. The van der Waals surface area contributed by atoms with Crippen LogP contribution in [0, 0.1) is 17.7 Å². The smallest absolute Gasteiger partial charge is 0.454 e. The Morgan fingerprint density at radius 1 is 0.583 bits per heavy atom. The number of halogens is 2. The number of anilines is 1. The van der Waals surface area contributed by atoms with Gasteiger partial charge in [0.25, 0.3) is 0 Å². The third-order valence-electron chi connectivity index (χ3n) is 19.9. The zero-order chi connectivity index (χ0) is 82.4. The lowest BCUT2D eigenvalue weighted by atomic mass is 9.87. The third-order valence-corrected chi connectivity index (χ3v) is 19.9. The van der Waals surface area contributed by atoms with Gasteiger partial charge < -0.3 is 79.3 Å². The topological polar surface area (TPSA) is 335 Å². The fourth-order valence-electron chi connectivity index (χ4n) is 13.9. The highest BCUT2D eigenvalue weighted by atomic mass is 19.1. The second kappa shape index (κ2) is 40.0. The Hall–Kier alpha value is -12.9. The molecule has 0 aliphatic heterocycles. The molecule has 28 heteroatoms. The number of ether oxygens (including phenoxy) is 7. The van der Waals surface area contributed by atoms with Gasteiger partial charge in [0.2, 0.25) is 29.4 Å². The second-order valence-electron chi connectivity index (χ2n) is 27.3.